The van der Waals surface area contributed by atoms with Crippen LogP contribution in [-0.2, 0) is 5.54 Å². The molecule has 0 fully saturated rings. The van der Waals surface area contributed by atoms with E-state index < -0.39 is 35.7 Å². The van der Waals surface area contributed by atoms with Crippen molar-refractivity contribution in [1.82, 2.24) is 4.98 Å². The number of carbonyl (C=O) groups excluding carboxylic acids is 1. The molecule has 3 N–H and O–H groups in total. The van der Waals surface area contributed by atoms with Crippen LogP contribution in [0, 0.1) is 35.8 Å². The van der Waals surface area contributed by atoms with Crippen LogP contribution in [0.1, 0.15) is 41.0 Å². The summed E-state index contributed by atoms with van der Waals surface area (Å²) in [6, 6.07) is 5.38. The summed E-state index contributed by atoms with van der Waals surface area (Å²) in [6.45, 7) is 4.00. The molecular weight excluding hydrogens is 427 g/mol. The van der Waals surface area contributed by atoms with Crippen molar-refractivity contribution in [2.75, 3.05) is 12.0 Å². The molecule has 1 aromatic carbocycles. The number of aliphatic imine (C=N–C) groups is 1. The lowest BCUT2D eigenvalue weighted by atomic mass is 9.78. The molecule has 6 nitrogen and oxygen atoms in total. The van der Waals surface area contributed by atoms with Crippen molar-refractivity contribution in [2.45, 2.75) is 31.6 Å². The maximum atomic E-state index is 14.8. The molecule has 0 saturated heterocycles. The lowest BCUT2D eigenvalue weighted by Crippen LogP contribution is -2.45. The standard InChI is InChI=1S/C21H20F3N5OS/c1-10-4-13(7-25)8-27-18(10)19(30)28-14-5-15(17(24)16(23)6-14)21(9-22)11(2)12(3)31-20(26)29-21/h4-6,8,11-12H,9H2,1-3H3,(H2,26,29)(H,28,30)/t11?,12-,21-/m0/s1. The lowest BCUT2D eigenvalue weighted by molar-refractivity contribution is 0.102. The van der Waals surface area contributed by atoms with E-state index in [4.69, 9.17) is 11.0 Å². The molecule has 0 radical (unpaired) electrons. The van der Waals surface area contributed by atoms with Gasteiger partial charge < -0.3 is 11.1 Å². The zero-order valence-corrected chi connectivity index (χ0v) is 17.9. The molecule has 0 bridgehead atoms. The van der Waals surface area contributed by atoms with Crippen molar-refractivity contribution in [1.29, 1.82) is 5.26 Å². The number of hydrogen-bond donors (Lipinski definition) is 2. The van der Waals surface area contributed by atoms with Gasteiger partial charge in [0, 0.05) is 34.7 Å². The van der Waals surface area contributed by atoms with E-state index in [1.807, 2.05) is 6.07 Å². The first-order chi connectivity index (χ1) is 14.6. The summed E-state index contributed by atoms with van der Waals surface area (Å²) in [4.78, 5) is 20.8. The Morgan fingerprint density at radius 3 is 2.68 bits per heavy atom. The van der Waals surface area contributed by atoms with E-state index >= 15 is 0 Å². The fourth-order valence-electron chi connectivity index (χ4n) is 3.57. The van der Waals surface area contributed by atoms with Crippen LogP contribution >= 0.6 is 11.8 Å². The Morgan fingerprint density at radius 1 is 1.35 bits per heavy atom. The van der Waals surface area contributed by atoms with Gasteiger partial charge >= 0.3 is 0 Å². The third-order valence-electron chi connectivity index (χ3n) is 5.45. The molecule has 2 aromatic rings. The lowest BCUT2D eigenvalue weighted by Gasteiger charge is -2.40. The summed E-state index contributed by atoms with van der Waals surface area (Å²) in [7, 11) is 0. The summed E-state index contributed by atoms with van der Waals surface area (Å²) in [6.07, 6.45) is 1.23. The number of alkyl halides is 1. The molecule has 1 aliphatic rings. The van der Waals surface area contributed by atoms with Crippen molar-refractivity contribution in [2.24, 2.45) is 16.6 Å². The summed E-state index contributed by atoms with van der Waals surface area (Å²) in [5.41, 5.74) is 4.44. The van der Waals surface area contributed by atoms with Gasteiger partial charge in [-0.05, 0) is 24.6 Å². The largest absolute Gasteiger partial charge is 0.379 e. The quantitative estimate of drug-likeness (QED) is 0.736. The van der Waals surface area contributed by atoms with Crippen molar-refractivity contribution in [3.05, 3.63) is 58.4 Å². The molecule has 1 aromatic heterocycles. The van der Waals surface area contributed by atoms with E-state index in [1.54, 1.807) is 20.8 Å². The Balaban J connectivity index is 2.05. The molecule has 0 aliphatic carbocycles. The molecule has 3 atom stereocenters. The van der Waals surface area contributed by atoms with Crippen molar-refractivity contribution in [3.63, 3.8) is 0 Å². The van der Waals surface area contributed by atoms with Crippen LogP contribution in [0.15, 0.2) is 29.4 Å². The minimum absolute atomic E-state index is 0.0174. The average molecular weight is 447 g/mol. The predicted octanol–water partition coefficient (Wildman–Crippen LogP) is 4.04. The number of nitrogens with two attached hydrogens (primary N) is 1. The molecule has 3 rings (SSSR count). The van der Waals surface area contributed by atoms with E-state index in [0.29, 0.717) is 5.56 Å². The van der Waals surface area contributed by atoms with Crippen LogP contribution in [0.4, 0.5) is 18.9 Å². The number of hydrogen-bond acceptors (Lipinski definition) is 6. The number of carbonyl (C=O) groups is 1. The summed E-state index contributed by atoms with van der Waals surface area (Å²) in [5.74, 6) is -3.68. The molecule has 1 aliphatic heterocycles. The van der Waals surface area contributed by atoms with E-state index in [2.05, 4.69) is 15.3 Å². The van der Waals surface area contributed by atoms with E-state index in [-0.39, 0.29) is 32.9 Å². The number of halogens is 3. The Morgan fingerprint density at radius 2 is 2.06 bits per heavy atom. The summed E-state index contributed by atoms with van der Waals surface area (Å²) >= 11 is 1.23. The minimum Gasteiger partial charge on any atom is -0.379 e. The van der Waals surface area contributed by atoms with Gasteiger partial charge in [0.1, 0.15) is 24.0 Å². The zero-order valence-electron chi connectivity index (χ0n) is 17.0. The first-order valence-electron chi connectivity index (χ1n) is 9.38. The number of thioether (sulfide) groups is 1. The molecule has 1 amide bonds. The molecule has 2 heterocycles. The predicted molar refractivity (Wildman–Crippen MR) is 113 cm³/mol. The van der Waals surface area contributed by atoms with E-state index in [9.17, 15) is 18.0 Å². The highest BCUT2D eigenvalue weighted by Crippen LogP contribution is 2.45. The second-order valence-corrected chi connectivity index (χ2v) is 8.79. The van der Waals surface area contributed by atoms with Crippen molar-refractivity contribution >= 4 is 28.5 Å². The van der Waals surface area contributed by atoms with Gasteiger partial charge in [-0.15, -0.1) is 0 Å². The number of amidine groups is 1. The number of amides is 1. The van der Waals surface area contributed by atoms with Gasteiger partial charge in [0.05, 0.1) is 5.56 Å². The molecule has 31 heavy (non-hydrogen) atoms. The summed E-state index contributed by atoms with van der Waals surface area (Å²) in [5, 5.41) is 11.3. The molecule has 0 spiro atoms. The Hall–Kier alpha value is -3.06. The smallest absolute Gasteiger partial charge is 0.274 e. The highest BCUT2D eigenvalue weighted by molar-refractivity contribution is 8.14. The van der Waals surface area contributed by atoms with Crippen molar-refractivity contribution < 1.29 is 18.0 Å². The highest BCUT2D eigenvalue weighted by atomic mass is 32.2. The van der Waals surface area contributed by atoms with Crippen LogP contribution in [0.2, 0.25) is 0 Å². The van der Waals surface area contributed by atoms with Gasteiger partial charge in [-0.3, -0.25) is 4.79 Å². The average Bonchev–Trinajstić information content (AvgIpc) is 2.73. The number of nitrogens with one attached hydrogen (secondary N) is 1. The SMILES string of the molecule is Cc1cc(C#N)cnc1C(=O)Nc1cc(F)c(F)c([C@@]2(CF)N=C(N)S[C@@H](C)C2C)c1. The number of pyridine rings is 1. The topological polar surface area (TPSA) is 104 Å². The Bertz CT molecular complexity index is 1120. The monoisotopic (exact) mass is 447 g/mol. The number of anilines is 1. The fraction of sp³-hybridized carbons (Fsp3) is 0.333. The maximum Gasteiger partial charge on any atom is 0.274 e. The van der Waals surface area contributed by atoms with Crippen LogP contribution in [0.3, 0.4) is 0 Å². The van der Waals surface area contributed by atoms with Gasteiger partial charge in [-0.25, -0.2) is 23.1 Å². The van der Waals surface area contributed by atoms with E-state index in [0.717, 1.165) is 6.07 Å². The fourth-order valence-corrected chi connectivity index (χ4v) is 4.60. The number of nitriles is 1. The van der Waals surface area contributed by atoms with Gasteiger partial charge in [0.15, 0.2) is 16.8 Å². The van der Waals surface area contributed by atoms with Gasteiger partial charge in [0.25, 0.3) is 5.91 Å². The van der Waals surface area contributed by atoms with Crippen LogP contribution in [0.25, 0.3) is 0 Å². The maximum absolute atomic E-state index is 14.8. The normalized spacial score (nSPS) is 23.1. The third kappa shape index (κ3) is 4.10. The van der Waals surface area contributed by atoms with Crippen LogP contribution in [0.5, 0.6) is 0 Å². The first kappa shape index (κ1) is 22.6. The third-order valence-corrected chi connectivity index (χ3v) is 6.57. The molecule has 162 valence electrons. The first-order valence-corrected chi connectivity index (χ1v) is 10.3. The highest BCUT2D eigenvalue weighted by Gasteiger charge is 2.46. The molecule has 0 saturated carbocycles. The second-order valence-electron chi connectivity index (χ2n) is 7.39. The van der Waals surface area contributed by atoms with E-state index in [1.165, 1.54) is 30.1 Å². The minimum atomic E-state index is -1.72. The van der Waals surface area contributed by atoms with Gasteiger partial charge in [-0.1, -0.05) is 25.6 Å². The number of benzene rings is 1. The number of aryl methyl sites for hydroxylation is 1. The van der Waals surface area contributed by atoms with Crippen LogP contribution in [-0.4, -0.2) is 28.0 Å². The van der Waals surface area contributed by atoms with Crippen LogP contribution < -0.4 is 11.1 Å². The van der Waals surface area contributed by atoms with Gasteiger partial charge in [0.2, 0.25) is 0 Å². The van der Waals surface area contributed by atoms with Crippen molar-refractivity contribution in [3.8, 4) is 6.07 Å². The Kier molecular flexibility index (Phi) is 6.27. The molecule has 10 heteroatoms. The summed E-state index contributed by atoms with van der Waals surface area (Å²) < 4.78 is 43.6. The second kappa shape index (κ2) is 8.59. The number of rotatable bonds is 4. The number of nitrogens with zero attached hydrogens (tertiary/aromatic N) is 3. The van der Waals surface area contributed by atoms with Gasteiger partial charge in [-0.2, -0.15) is 5.26 Å². The number of aromatic nitrogens is 1. The Labute approximate surface area is 181 Å². The molecule has 1 unspecified atom stereocenters. The zero-order chi connectivity index (χ0) is 22.9. The molecular formula is C21H20F3N5OS.